The predicted molar refractivity (Wildman–Crippen MR) is 102 cm³/mol. The number of H-pyrrole nitrogens is 1. The van der Waals surface area contributed by atoms with Crippen LogP contribution in [-0.4, -0.2) is 57.1 Å². The smallest absolute Gasteiger partial charge is 0.222 e. The molecule has 1 saturated carbocycles. The number of amides is 1. The summed E-state index contributed by atoms with van der Waals surface area (Å²) in [6.45, 7) is 6.39. The van der Waals surface area contributed by atoms with E-state index in [0.717, 1.165) is 50.8 Å². The third-order valence-electron chi connectivity index (χ3n) is 6.48. The molecule has 1 aromatic carbocycles. The first-order chi connectivity index (χ1) is 13.1. The topological polar surface area (TPSA) is 65.1 Å². The number of aromatic amines is 1. The van der Waals surface area contributed by atoms with Gasteiger partial charge >= 0.3 is 0 Å². The molecule has 3 fully saturated rings. The molecule has 0 bridgehead atoms. The Bertz CT molecular complexity index is 830. The third kappa shape index (κ3) is 3.16. The SMILES string of the molecule is Cc1nc([C@]23CN(Cc4ccccc4)C[C@H]2CN(C(=O)CC2CC2)C3)n[nH]1. The highest BCUT2D eigenvalue weighted by molar-refractivity contribution is 5.77. The maximum Gasteiger partial charge on any atom is 0.222 e. The summed E-state index contributed by atoms with van der Waals surface area (Å²) in [6.07, 6.45) is 3.17. The zero-order valence-electron chi connectivity index (χ0n) is 15.9. The summed E-state index contributed by atoms with van der Waals surface area (Å²) in [6, 6.07) is 10.6. The number of benzene rings is 1. The average molecular weight is 365 g/mol. The first kappa shape index (κ1) is 16.9. The Kier molecular flexibility index (Phi) is 4.04. The van der Waals surface area contributed by atoms with Gasteiger partial charge in [0.1, 0.15) is 5.82 Å². The monoisotopic (exact) mass is 365 g/mol. The molecule has 27 heavy (non-hydrogen) atoms. The van der Waals surface area contributed by atoms with Gasteiger partial charge in [-0.2, -0.15) is 5.10 Å². The average Bonchev–Trinajstić information content (AvgIpc) is 3.08. The predicted octanol–water partition coefficient (Wildman–Crippen LogP) is 2.13. The van der Waals surface area contributed by atoms with E-state index in [9.17, 15) is 4.79 Å². The van der Waals surface area contributed by atoms with Crippen molar-refractivity contribution in [2.45, 2.75) is 38.1 Å². The second kappa shape index (κ2) is 6.44. The third-order valence-corrected chi connectivity index (χ3v) is 6.48. The van der Waals surface area contributed by atoms with Crippen LogP contribution in [0.2, 0.25) is 0 Å². The fourth-order valence-electron chi connectivity index (χ4n) is 4.90. The minimum Gasteiger partial charge on any atom is -0.341 e. The van der Waals surface area contributed by atoms with E-state index in [0.29, 0.717) is 17.7 Å². The molecule has 1 amide bonds. The number of nitrogens with one attached hydrogen (secondary N) is 1. The molecule has 6 nitrogen and oxygen atoms in total. The van der Waals surface area contributed by atoms with Gasteiger partial charge in [0.15, 0.2) is 5.82 Å². The Balaban J connectivity index is 1.37. The number of aromatic nitrogens is 3. The number of carbonyl (C=O) groups is 1. The molecular formula is C21H27N5O. The van der Waals surface area contributed by atoms with E-state index in [1.807, 2.05) is 6.92 Å². The largest absolute Gasteiger partial charge is 0.341 e. The van der Waals surface area contributed by atoms with Gasteiger partial charge in [0.2, 0.25) is 5.91 Å². The molecule has 2 saturated heterocycles. The number of aryl methyl sites for hydroxylation is 1. The summed E-state index contributed by atoms with van der Waals surface area (Å²) in [5, 5.41) is 7.56. The second-order valence-corrected chi connectivity index (χ2v) is 8.67. The normalized spacial score (nSPS) is 27.9. The zero-order chi connectivity index (χ0) is 18.4. The summed E-state index contributed by atoms with van der Waals surface area (Å²) in [7, 11) is 0. The van der Waals surface area contributed by atoms with E-state index in [2.05, 4.69) is 50.3 Å². The van der Waals surface area contributed by atoms with E-state index in [1.54, 1.807) is 0 Å². The van der Waals surface area contributed by atoms with Gasteiger partial charge in [-0.1, -0.05) is 30.3 Å². The minimum absolute atomic E-state index is 0.140. The van der Waals surface area contributed by atoms with Gasteiger partial charge in [-0.05, 0) is 31.2 Å². The summed E-state index contributed by atoms with van der Waals surface area (Å²) in [5.74, 6) is 3.10. The molecule has 0 radical (unpaired) electrons. The lowest BCUT2D eigenvalue weighted by Gasteiger charge is -2.27. The van der Waals surface area contributed by atoms with Crippen molar-refractivity contribution in [2.24, 2.45) is 11.8 Å². The van der Waals surface area contributed by atoms with Crippen LogP contribution in [0.25, 0.3) is 0 Å². The van der Waals surface area contributed by atoms with Gasteiger partial charge in [-0.25, -0.2) is 4.98 Å². The van der Waals surface area contributed by atoms with Crippen LogP contribution in [0, 0.1) is 18.8 Å². The zero-order valence-corrected chi connectivity index (χ0v) is 15.9. The van der Waals surface area contributed by atoms with E-state index in [4.69, 9.17) is 4.98 Å². The van der Waals surface area contributed by atoms with Gasteiger partial charge < -0.3 is 4.90 Å². The lowest BCUT2D eigenvalue weighted by atomic mass is 9.80. The molecular weight excluding hydrogens is 338 g/mol. The number of fused-ring (bicyclic) bond motifs is 1. The van der Waals surface area contributed by atoms with Gasteiger partial charge in [-0.3, -0.25) is 14.8 Å². The summed E-state index contributed by atoms with van der Waals surface area (Å²) < 4.78 is 0. The van der Waals surface area contributed by atoms with E-state index in [1.165, 1.54) is 18.4 Å². The Morgan fingerprint density at radius 2 is 2.04 bits per heavy atom. The number of likely N-dealkylation sites (tertiary alicyclic amines) is 2. The first-order valence-electron chi connectivity index (χ1n) is 10.1. The number of hydrogen-bond donors (Lipinski definition) is 1. The molecule has 1 aromatic heterocycles. The molecule has 142 valence electrons. The standard InChI is InChI=1S/C21H27N5O/c1-15-22-20(24-23-15)21-13-25(10-17-5-3-2-4-6-17)11-18(21)12-26(14-21)19(27)9-16-7-8-16/h2-6,16,18H,7-14H2,1H3,(H,22,23,24)/t18-,21-/m0/s1. The molecule has 3 aliphatic rings. The van der Waals surface area contributed by atoms with Gasteiger partial charge in [0.05, 0.1) is 5.41 Å². The second-order valence-electron chi connectivity index (χ2n) is 8.67. The number of hydrogen-bond acceptors (Lipinski definition) is 4. The van der Waals surface area contributed by atoms with Crippen LogP contribution >= 0.6 is 0 Å². The van der Waals surface area contributed by atoms with Crippen LogP contribution in [0.5, 0.6) is 0 Å². The number of nitrogens with zero attached hydrogens (tertiary/aromatic N) is 4. The number of rotatable bonds is 5. The lowest BCUT2D eigenvalue weighted by molar-refractivity contribution is -0.131. The molecule has 0 spiro atoms. The quantitative estimate of drug-likeness (QED) is 0.882. The van der Waals surface area contributed by atoms with Crippen molar-refractivity contribution in [1.29, 1.82) is 0 Å². The van der Waals surface area contributed by atoms with Crippen molar-refractivity contribution < 1.29 is 4.79 Å². The fourth-order valence-corrected chi connectivity index (χ4v) is 4.90. The number of carbonyl (C=O) groups excluding carboxylic acids is 1. The van der Waals surface area contributed by atoms with E-state index < -0.39 is 0 Å². The Labute approximate surface area is 160 Å². The minimum atomic E-state index is -0.140. The van der Waals surface area contributed by atoms with Crippen molar-refractivity contribution in [3.63, 3.8) is 0 Å². The summed E-state index contributed by atoms with van der Waals surface area (Å²) in [5.41, 5.74) is 1.19. The summed E-state index contributed by atoms with van der Waals surface area (Å²) >= 11 is 0. The molecule has 3 heterocycles. The molecule has 2 atom stereocenters. The van der Waals surface area contributed by atoms with Crippen LogP contribution in [-0.2, 0) is 16.8 Å². The van der Waals surface area contributed by atoms with Gasteiger partial charge in [-0.15, -0.1) is 0 Å². The molecule has 2 aliphatic heterocycles. The van der Waals surface area contributed by atoms with Crippen molar-refractivity contribution >= 4 is 5.91 Å². The Morgan fingerprint density at radius 3 is 2.74 bits per heavy atom. The fraction of sp³-hybridized carbons (Fsp3) is 0.571. The first-order valence-corrected chi connectivity index (χ1v) is 10.1. The highest BCUT2D eigenvalue weighted by Crippen LogP contribution is 2.45. The maximum atomic E-state index is 12.7. The molecule has 0 unspecified atom stereocenters. The van der Waals surface area contributed by atoms with Crippen LogP contribution < -0.4 is 0 Å². The highest BCUT2D eigenvalue weighted by Gasteiger charge is 2.56. The van der Waals surface area contributed by atoms with Gasteiger partial charge in [0, 0.05) is 45.1 Å². The van der Waals surface area contributed by atoms with Crippen molar-refractivity contribution in [2.75, 3.05) is 26.2 Å². The van der Waals surface area contributed by atoms with Crippen molar-refractivity contribution in [3.8, 4) is 0 Å². The van der Waals surface area contributed by atoms with E-state index >= 15 is 0 Å². The summed E-state index contributed by atoms with van der Waals surface area (Å²) in [4.78, 5) is 22.0. The Morgan fingerprint density at radius 1 is 1.22 bits per heavy atom. The van der Waals surface area contributed by atoms with Crippen LogP contribution in [0.1, 0.15) is 36.5 Å². The van der Waals surface area contributed by atoms with Gasteiger partial charge in [0.25, 0.3) is 0 Å². The van der Waals surface area contributed by atoms with E-state index in [-0.39, 0.29) is 5.41 Å². The molecule has 2 aromatic rings. The highest BCUT2D eigenvalue weighted by atomic mass is 16.2. The Hall–Kier alpha value is -2.21. The molecule has 5 rings (SSSR count). The van der Waals surface area contributed by atoms with Crippen LogP contribution in [0.15, 0.2) is 30.3 Å². The van der Waals surface area contributed by atoms with Crippen LogP contribution in [0.4, 0.5) is 0 Å². The van der Waals surface area contributed by atoms with Crippen LogP contribution in [0.3, 0.4) is 0 Å². The molecule has 1 N–H and O–H groups in total. The maximum absolute atomic E-state index is 12.7. The molecule has 6 heteroatoms. The molecule has 1 aliphatic carbocycles. The lowest BCUT2D eigenvalue weighted by Crippen LogP contribution is -2.40. The van der Waals surface area contributed by atoms with Crippen molar-refractivity contribution in [1.82, 2.24) is 25.0 Å². The van der Waals surface area contributed by atoms with Crippen molar-refractivity contribution in [3.05, 3.63) is 47.5 Å².